The number of fused-ring (bicyclic) bond motifs is 2. The summed E-state index contributed by atoms with van der Waals surface area (Å²) in [5.74, 6) is 0.796. The van der Waals surface area contributed by atoms with Crippen LogP contribution in [0.5, 0.6) is 11.5 Å². The molecule has 0 unspecified atom stereocenters. The monoisotopic (exact) mass is 849 g/mol. The van der Waals surface area contributed by atoms with E-state index in [0.717, 1.165) is 76.0 Å². The van der Waals surface area contributed by atoms with E-state index < -0.39 is 18.4 Å². The highest BCUT2D eigenvalue weighted by atomic mass is 19.1. The molecule has 0 aliphatic carbocycles. The molecule has 0 spiro atoms. The number of pyridine rings is 2. The highest BCUT2D eigenvalue weighted by molar-refractivity contribution is 5.96. The topological polar surface area (TPSA) is 147 Å². The van der Waals surface area contributed by atoms with Crippen LogP contribution in [-0.4, -0.2) is 127 Å². The van der Waals surface area contributed by atoms with Gasteiger partial charge in [-0.3, -0.25) is 19.2 Å². The van der Waals surface area contributed by atoms with Crippen LogP contribution in [0.2, 0.25) is 0 Å². The van der Waals surface area contributed by atoms with E-state index in [9.17, 15) is 23.9 Å². The predicted molar refractivity (Wildman–Crippen MR) is 238 cm³/mol. The lowest BCUT2D eigenvalue weighted by Gasteiger charge is -2.28. The molecule has 2 saturated heterocycles. The number of esters is 1. The van der Waals surface area contributed by atoms with Crippen molar-refractivity contribution in [1.29, 1.82) is 0 Å². The van der Waals surface area contributed by atoms with Crippen LogP contribution < -0.4 is 14.5 Å². The number of phenols is 1. The Hall–Kier alpha value is -5.60. The molecule has 2 aromatic heterocycles. The fourth-order valence-corrected chi connectivity index (χ4v) is 7.23. The number of rotatable bonds is 7. The number of ether oxygens (including phenoxy) is 4. The smallest absolute Gasteiger partial charge is 0.410 e. The molecule has 4 heterocycles. The average Bonchev–Trinajstić information content (AvgIpc) is 3.61. The number of hydrogen-bond donors (Lipinski definition) is 1. The minimum atomic E-state index is -1.00. The Morgan fingerprint density at radius 3 is 1.72 bits per heavy atom. The van der Waals surface area contributed by atoms with Gasteiger partial charge >= 0.3 is 18.2 Å². The Morgan fingerprint density at radius 1 is 0.754 bits per heavy atom. The third-order valence-corrected chi connectivity index (χ3v) is 9.97. The van der Waals surface area contributed by atoms with Crippen LogP contribution in [0.1, 0.15) is 79.7 Å². The quantitative estimate of drug-likeness (QED) is 0.108. The van der Waals surface area contributed by atoms with Crippen LogP contribution >= 0.6 is 0 Å². The molecule has 14 nitrogen and oxygen atoms in total. The molecule has 2 amide bonds. The van der Waals surface area contributed by atoms with Gasteiger partial charge in [0, 0.05) is 81.9 Å². The molecule has 2 aliphatic rings. The fraction of sp³-hybridized carbons (Fsp3) is 0.543. The van der Waals surface area contributed by atoms with Gasteiger partial charge in [0.2, 0.25) is 0 Å². The first-order valence-electron chi connectivity index (χ1n) is 21.5. The van der Waals surface area contributed by atoms with E-state index in [4.69, 9.17) is 20.3 Å². The lowest BCUT2D eigenvalue weighted by molar-refractivity contribution is -0.140. The first-order chi connectivity index (χ1) is 29.4. The standard InChI is InChI=1S/C25H35N3O5.C20H27N3O3.CH3F/c1-18-17-19-9-6-11-26-21(19)22(23(18)32-16-7-10-20(29)31-5)27-12-8-13-28(15-14-27)24(30)33-25(2,3)4;1-14-13-15-7-5-8-21-16(15)17(18(14)24)22-9-6-10-23(12-11-22)19(25)26-20(2,3)4;1-2/h6,9,11,17H,7-8,10,12-16H2,1-5H3;5,7-8,13,24H,6,9-12H2,1-4H3;1H3/i;;1D. The first kappa shape index (κ1) is 46.5. The summed E-state index contributed by atoms with van der Waals surface area (Å²) in [5.41, 5.74) is 4.17. The van der Waals surface area contributed by atoms with Gasteiger partial charge in [0.05, 0.1) is 33.3 Å². The zero-order chi connectivity index (χ0) is 45.6. The number of aryl methyl sites for hydroxylation is 2. The van der Waals surface area contributed by atoms with Gasteiger partial charge in [-0.05, 0) is 110 Å². The minimum Gasteiger partial charge on any atom is -0.505 e. The Balaban J connectivity index is 0.000000262. The number of hydrogen-bond acceptors (Lipinski definition) is 12. The third-order valence-electron chi connectivity index (χ3n) is 9.97. The van der Waals surface area contributed by atoms with Gasteiger partial charge in [-0.15, -0.1) is 0 Å². The Kier molecular flexibility index (Phi) is 16.6. The molecule has 0 bridgehead atoms. The van der Waals surface area contributed by atoms with Crippen LogP contribution in [0.25, 0.3) is 21.8 Å². The summed E-state index contributed by atoms with van der Waals surface area (Å²) in [7, 11) is 0.389. The molecule has 15 heteroatoms. The number of alkyl halides is 1. The van der Waals surface area contributed by atoms with Crippen molar-refractivity contribution in [3.05, 3.63) is 59.9 Å². The van der Waals surface area contributed by atoms with Crippen LogP contribution in [-0.2, 0) is 19.0 Å². The number of carbonyl (C=O) groups excluding carboxylic acids is 3. The Bertz CT molecular complexity index is 2130. The largest absolute Gasteiger partial charge is 0.505 e. The van der Waals surface area contributed by atoms with Crippen molar-refractivity contribution >= 4 is 51.3 Å². The number of halogens is 1. The summed E-state index contributed by atoms with van der Waals surface area (Å²) in [6.07, 6.45) is 5.46. The normalized spacial score (nSPS) is 15.0. The Labute approximate surface area is 361 Å². The number of amides is 2. The molecule has 61 heavy (non-hydrogen) atoms. The molecule has 4 aromatic rings. The van der Waals surface area contributed by atoms with E-state index in [-0.39, 0.29) is 23.9 Å². The highest BCUT2D eigenvalue weighted by Gasteiger charge is 2.29. The molecule has 2 aliphatic heterocycles. The van der Waals surface area contributed by atoms with Crippen LogP contribution in [0.3, 0.4) is 0 Å². The second-order valence-electron chi connectivity index (χ2n) is 17.1. The molecule has 2 fully saturated rings. The molecule has 0 radical (unpaired) electrons. The lowest BCUT2D eigenvalue weighted by atomic mass is 10.1. The zero-order valence-corrected chi connectivity index (χ0v) is 37.4. The SMILES string of the molecule is COC(=O)CCCOc1c(C)cc2cccnc2c1N1CCCN(C(=O)OC(C)(C)C)CC1.Cc1cc2cccnc2c(N2CCCN(C(=O)OC(C)(C)C)CC2)c1O.[2H]CF. The van der Waals surface area contributed by atoms with Gasteiger partial charge in [0.25, 0.3) is 0 Å². The van der Waals surface area contributed by atoms with Crippen LogP contribution in [0.15, 0.2) is 48.8 Å². The molecule has 0 saturated carbocycles. The maximum atomic E-state index is 12.6. The van der Waals surface area contributed by atoms with E-state index in [1.807, 2.05) is 85.7 Å². The van der Waals surface area contributed by atoms with Crippen molar-refractivity contribution in [1.82, 2.24) is 19.8 Å². The third kappa shape index (κ3) is 13.4. The number of anilines is 2. The minimum absolute atomic E-state index is 0.245. The van der Waals surface area contributed by atoms with E-state index >= 15 is 0 Å². The highest BCUT2D eigenvalue weighted by Crippen LogP contribution is 2.40. The summed E-state index contributed by atoms with van der Waals surface area (Å²) in [4.78, 5) is 53.5. The number of aromatic hydroxyl groups is 1. The molecular formula is C46H65FN6O8. The number of carbonyl (C=O) groups is 3. The molecule has 6 rings (SSSR count). The van der Waals surface area contributed by atoms with Gasteiger partial charge in [-0.1, -0.05) is 12.1 Å². The number of nitrogens with zero attached hydrogens (tertiary/aromatic N) is 6. The van der Waals surface area contributed by atoms with Crippen molar-refractivity contribution in [2.45, 2.75) is 92.3 Å². The summed E-state index contributed by atoms with van der Waals surface area (Å²) >= 11 is 0. The van der Waals surface area contributed by atoms with Gasteiger partial charge in [0.1, 0.15) is 34.1 Å². The maximum Gasteiger partial charge on any atom is 0.410 e. The van der Waals surface area contributed by atoms with Crippen LogP contribution in [0, 0.1) is 13.8 Å². The van der Waals surface area contributed by atoms with Gasteiger partial charge in [-0.2, -0.15) is 0 Å². The average molecular weight is 850 g/mol. The van der Waals surface area contributed by atoms with Crippen molar-refractivity contribution in [2.75, 3.05) is 83.0 Å². The lowest BCUT2D eigenvalue weighted by Crippen LogP contribution is -2.39. The summed E-state index contributed by atoms with van der Waals surface area (Å²) in [6.45, 7) is 20.8. The van der Waals surface area contributed by atoms with Crippen molar-refractivity contribution in [3.63, 3.8) is 0 Å². The molecule has 0 atom stereocenters. The van der Waals surface area contributed by atoms with Crippen molar-refractivity contribution in [3.8, 4) is 11.5 Å². The number of aromatic nitrogens is 2. The fourth-order valence-electron chi connectivity index (χ4n) is 7.23. The number of methoxy groups -OCH3 is 1. The summed E-state index contributed by atoms with van der Waals surface area (Å²) in [6, 6.07) is 11.9. The van der Waals surface area contributed by atoms with Gasteiger partial charge in [0.15, 0.2) is 0 Å². The van der Waals surface area contributed by atoms with Crippen molar-refractivity contribution < 1.29 is 44.2 Å². The maximum absolute atomic E-state index is 12.6. The second-order valence-corrected chi connectivity index (χ2v) is 17.1. The Morgan fingerprint density at radius 2 is 1.23 bits per heavy atom. The number of benzene rings is 2. The van der Waals surface area contributed by atoms with E-state index in [2.05, 4.69) is 25.8 Å². The van der Waals surface area contributed by atoms with E-state index in [1.165, 1.54) is 7.11 Å². The van der Waals surface area contributed by atoms with E-state index in [0.29, 0.717) is 58.7 Å². The predicted octanol–water partition coefficient (Wildman–Crippen LogP) is 8.60. The van der Waals surface area contributed by atoms with E-state index in [1.54, 1.807) is 22.2 Å². The summed E-state index contributed by atoms with van der Waals surface area (Å²) < 4.78 is 37.5. The van der Waals surface area contributed by atoms with Gasteiger partial charge in [-0.25, -0.2) is 9.59 Å². The molecule has 2 aromatic carbocycles. The molecule has 334 valence electrons. The number of phenolic OH excluding ortho intramolecular Hbond substituents is 1. The molecule has 1 N–H and O–H groups in total. The van der Waals surface area contributed by atoms with Crippen molar-refractivity contribution in [2.24, 2.45) is 0 Å². The van der Waals surface area contributed by atoms with Gasteiger partial charge < -0.3 is 43.7 Å². The second kappa shape index (κ2) is 21.8. The first-order valence-corrected chi connectivity index (χ1v) is 20.8. The summed E-state index contributed by atoms with van der Waals surface area (Å²) in [5, 5.41) is 12.7. The molecular weight excluding hydrogens is 784 g/mol. The van der Waals surface area contributed by atoms with Crippen LogP contribution in [0.4, 0.5) is 25.4 Å². The zero-order valence-electron chi connectivity index (χ0n) is 38.4.